The monoisotopic (exact) mass is 192 g/mol. The third-order valence-corrected chi connectivity index (χ3v) is 2.22. The van der Waals surface area contributed by atoms with Gasteiger partial charge in [0.25, 0.3) is 0 Å². The molecular weight excluding hydrogens is 180 g/mol. The van der Waals surface area contributed by atoms with Crippen molar-refractivity contribution in [1.29, 1.82) is 0 Å². The van der Waals surface area contributed by atoms with Crippen LogP contribution in [-0.2, 0) is 4.74 Å². The predicted molar refractivity (Wildman–Crippen MR) is 53.0 cm³/mol. The molecular formula is C10H12N2O2. The Hall–Kier alpha value is -1.58. The smallest absolute Gasteiger partial charge is 0.413 e. The quantitative estimate of drug-likeness (QED) is 0.634. The molecule has 0 radical (unpaired) electrons. The lowest BCUT2D eigenvalue weighted by Gasteiger charge is -2.22. The lowest BCUT2D eigenvalue weighted by atomic mass is 10.1. The fraction of sp³-hybridized carbons (Fsp3) is 0.400. The molecule has 2 heterocycles. The maximum atomic E-state index is 11.4. The highest BCUT2D eigenvalue weighted by Gasteiger charge is 2.21. The Morgan fingerprint density at radius 1 is 1.71 bits per heavy atom. The summed E-state index contributed by atoms with van der Waals surface area (Å²) >= 11 is 0. The summed E-state index contributed by atoms with van der Waals surface area (Å²) in [5.74, 6) is 0. The summed E-state index contributed by atoms with van der Waals surface area (Å²) in [6.45, 7) is 2.88. The van der Waals surface area contributed by atoms with Gasteiger partial charge in [-0.2, -0.15) is 0 Å². The molecule has 0 saturated heterocycles. The van der Waals surface area contributed by atoms with Crippen molar-refractivity contribution in [3.63, 3.8) is 0 Å². The van der Waals surface area contributed by atoms with E-state index in [1.165, 1.54) is 5.57 Å². The van der Waals surface area contributed by atoms with Gasteiger partial charge in [0.2, 0.25) is 0 Å². The third kappa shape index (κ3) is 1.55. The molecule has 1 amide bonds. The van der Waals surface area contributed by atoms with Gasteiger partial charge in [0, 0.05) is 19.0 Å². The van der Waals surface area contributed by atoms with Crippen LogP contribution in [0, 0.1) is 0 Å². The number of nitrogens with zero attached hydrogens (tertiary/aromatic N) is 2. The van der Waals surface area contributed by atoms with Crippen molar-refractivity contribution >= 4 is 12.3 Å². The van der Waals surface area contributed by atoms with Crippen molar-refractivity contribution in [1.82, 2.24) is 4.90 Å². The molecule has 4 nitrogen and oxygen atoms in total. The standard InChI is InChI=1S/C10H12N2O2/c1-2-14-10(13)12-6-4-8-3-5-11-9(8)7-12/h3,5,7H,2,4,6H2,1H3. The first-order valence-corrected chi connectivity index (χ1v) is 4.70. The van der Waals surface area contributed by atoms with Crippen molar-refractivity contribution in [2.45, 2.75) is 13.3 Å². The van der Waals surface area contributed by atoms with Crippen LogP contribution in [-0.4, -0.2) is 30.4 Å². The summed E-state index contributed by atoms with van der Waals surface area (Å²) in [6, 6.07) is 0. The molecule has 0 aliphatic carbocycles. The van der Waals surface area contributed by atoms with Crippen LogP contribution in [0.2, 0.25) is 0 Å². The van der Waals surface area contributed by atoms with Gasteiger partial charge in [0.15, 0.2) is 0 Å². The minimum Gasteiger partial charge on any atom is -0.449 e. The number of carbonyl (C=O) groups excluding carboxylic acids is 1. The average molecular weight is 192 g/mol. The zero-order valence-corrected chi connectivity index (χ0v) is 8.06. The second-order valence-electron chi connectivity index (χ2n) is 3.13. The Morgan fingerprint density at radius 3 is 3.36 bits per heavy atom. The number of rotatable bonds is 1. The Bertz CT molecular complexity index is 342. The minimum atomic E-state index is -0.291. The van der Waals surface area contributed by atoms with Gasteiger partial charge in [-0.25, -0.2) is 4.79 Å². The molecule has 0 spiro atoms. The van der Waals surface area contributed by atoms with Crippen LogP contribution in [0.3, 0.4) is 0 Å². The van der Waals surface area contributed by atoms with E-state index in [0.717, 1.165) is 12.1 Å². The number of fused-ring (bicyclic) bond motifs is 1. The molecule has 14 heavy (non-hydrogen) atoms. The molecule has 2 rings (SSSR count). The van der Waals surface area contributed by atoms with Gasteiger partial charge in [-0.15, -0.1) is 0 Å². The molecule has 0 unspecified atom stereocenters. The lowest BCUT2D eigenvalue weighted by molar-refractivity contribution is 0.121. The maximum Gasteiger partial charge on any atom is 0.413 e. The summed E-state index contributed by atoms with van der Waals surface area (Å²) in [7, 11) is 0. The number of hydrogen-bond donors (Lipinski definition) is 0. The van der Waals surface area contributed by atoms with Crippen LogP contribution >= 0.6 is 0 Å². The van der Waals surface area contributed by atoms with Gasteiger partial charge in [0.05, 0.1) is 12.3 Å². The number of aliphatic imine (C=N–C) groups is 1. The maximum absolute atomic E-state index is 11.4. The van der Waals surface area contributed by atoms with Crippen LogP contribution in [0.15, 0.2) is 28.5 Å². The van der Waals surface area contributed by atoms with Gasteiger partial charge in [0.1, 0.15) is 0 Å². The van der Waals surface area contributed by atoms with Crippen LogP contribution in [0.5, 0.6) is 0 Å². The number of amides is 1. The first-order chi connectivity index (χ1) is 6.81. The first kappa shape index (κ1) is 8.99. The molecule has 2 aliphatic rings. The zero-order chi connectivity index (χ0) is 9.97. The summed E-state index contributed by atoms with van der Waals surface area (Å²) in [6.07, 6.45) is 6.05. The molecule has 0 bridgehead atoms. The van der Waals surface area contributed by atoms with Gasteiger partial charge in [-0.3, -0.25) is 9.89 Å². The molecule has 0 aromatic carbocycles. The van der Waals surface area contributed by atoms with Crippen molar-refractivity contribution in [2.24, 2.45) is 4.99 Å². The topological polar surface area (TPSA) is 41.9 Å². The second-order valence-corrected chi connectivity index (χ2v) is 3.13. The van der Waals surface area contributed by atoms with E-state index in [0.29, 0.717) is 13.2 Å². The van der Waals surface area contributed by atoms with E-state index in [1.54, 1.807) is 24.2 Å². The molecule has 0 atom stereocenters. The normalized spacial score (nSPS) is 18.8. The van der Waals surface area contributed by atoms with Gasteiger partial charge in [-0.05, 0) is 25.0 Å². The van der Waals surface area contributed by atoms with Gasteiger partial charge < -0.3 is 4.74 Å². The van der Waals surface area contributed by atoms with Crippen LogP contribution in [0.1, 0.15) is 13.3 Å². The average Bonchev–Trinajstić information content (AvgIpc) is 2.64. The van der Waals surface area contributed by atoms with Crippen molar-refractivity contribution < 1.29 is 9.53 Å². The van der Waals surface area contributed by atoms with E-state index in [9.17, 15) is 4.79 Å². The number of carbonyl (C=O) groups is 1. The van der Waals surface area contributed by atoms with E-state index < -0.39 is 0 Å². The third-order valence-electron chi connectivity index (χ3n) is 2.22. The van der Waals surface area contributed by atoms with Crippen LogP contribution < -0.4 is 0 Å². The summed E-state index contributed by atoms with van der Waals surface area (Å²) in [4.78, 5) is 17.1. The number of allylic oxidation sites excluding steroid dienone is 2. The van der Waals surface area contributed by atoms with Crippen molar-refractivity contribution in [3.8, 4) is 0 Å². The molecule has 0 aromatic heterocycles. The van der Waals surface area contributed by atoms with E-state index in [1.807, 2.05) is 6.08 Å². The summed E-state index contributed by atoms with van der Waals surface area (Å²) in [5.41, 5.74) is 2.08. The van der Waals surface area contributed by atoms with Crippen LogP contribution in [0.4, 0.5) is 4.79 Å². The highest BCUT2D eigenvalue weighted by molar-refractivity contribution is 5.80. The molecule has 2 aliphatic heterocycles. The van der Waals surface area contributed by atoms with E-state index in [-0.39, 0.29) is 6.09 Å². The Balaban J connectivity index is 2.10. The predicted octanol–water partition coefficient (Wildman–Crippen LogP) is 1.70. The lowest BCUT2D eigenvalue weighted by Crippen LogP contribution is -2.30. The number of hydrogen-bond acceptors (Lipinski definition) is 3. The van der Waals surface area contributed by atoms with E-state index >= 15 is 0 Å². The number of ether oxygens (including phenoxy) is 1. The first-order valence-electron chi connectivity index (χ1n) is 4.70. The highest BCUT2D eigenvalue weighted by Crippen LogP contribution is 2.25. The molecule has 0 fully saturated rings. The highest BCUT2D eigenvalue weighted by atomic mass is 16.6. The zero-order valence-electron chi connectivity index (χ0n) is 8.06. The molecule has 0 N–H and O–H groups in total. The molecule has 4 heteroatoms. The molecule has 74 valence electrons. The minimum absolute atomic E-state index is 0.291. The summed E-state index contributed by atoms with van der Waals surface area (Å²) in [5, 5.41) is 0. The Morgan fingerprint density at radius 2 is 2.57 bits per heavy atom. The van der Waals surface area contributed by atoms with Crippen LogP contribution in [0.25, 0.3) is 0 Å². The second kappa shape index (κ2) is 3.65. The Labute approximate surface area is 82.6 Å². The van der Waals surface area contributed by atoms with Gasteiger partial charge >= 0.3 is 6.09 Å². The fourth-order valence-corrected chi connectivity index (χ4v) is 1.51. The van der Waals surface area contributed by atoms with Gasteiger partial charge in [-0.1, -0.05) is 0 Å². The Kier molecular flexibility index (Phi) is 2.35. The summed E-state index contributed by atoms with van der Waals surface area (Å²) < 4.78 is 4.90. The molecule has 0 saturated carbocycles. The largest absolute Gasteiger partial charge is 0.449 e. The van der Waals surface area contributed by atoms with E-state index in [2.05, 4.69) is 4.99 Å². The fourth-order valence-electron chi connectivity index (χ4n) is 1.51. The van der Waals surface area contributed by atoms with E-state index in [4.69, 9.17) is 4.74 Å². The van der Waals surface area contributed by atoms with Crippen molar-refractivity contribution in [3.05, 3.63) is 23.5 Å². The SMILES string of the molecule is CCOC(=O)N1C=C2N=CC=C2CC1. The van der Waals surface area contributed by atoms with Crippen molar-refractivity contribution in [2.75, 3.05) is 13.2 Å². The molecule has 0 aromatic rings.